The minimum atomic E-state index is -1.10. The zero-order chi connectivity index (χ0) is 21.0. The van der Waals surface area contributed by atoms with Gasteiger partial charge in [-0.25, -0.2) is 9.78 Å². The lowest BCUT2D eigenvalue weighted by molar-refractivity contribution is -0.112. The third-order valence-corrected chi connectivity index (χ3v) is 4.38. The number of pyridine rings is 1. The van der Waals surface area contributed by atoms with Gasteiger partial charge in [-0.1, -0.05) is 12.1 Å². The predicted octanol–water partition coefficient (Wildman–Crippen LogP) is 3.73. The van der Waals surface area contributed by atoms with Crippen LogP contribution in [0.4, 0.5) is 5.69 Å². The first kappa shape index (κ1) is 19.6. The van der Waals surface area contributed by atoms with Gasteiger partial charge in [0.25, 0.3) is 5.91 Å². The summed E-state index contributed by atoms with van der Waals surface area (Å²) in [7, 11) is 0. The monoisotopic (exact) mass is 386 g/mol. The summed E-state index contributed by atoms with van der Waals surface area (Å²) in [5.74, 6) is -0.965. The highest BCUT2D eigenvalue weighted by atomic mass is 16.4. The second-order valence-corrected chi connectivity index (χ2v) is 6.36. The minimum Gasteiger partial charge on any atom is -0.478 e. The molecular formula is C22H18N4O3. The van der Waals surface area contributed by atoms with Crippen LogP contribution in [0.5, 0.6) is 0 Å². The van der Waals surface area contributed by atoms with Crippen LogP contribution >= 0.6 is 0 Å². The summed E-state index contributed by atoms with van der Waals surface area (Å²) in [6, 6.07) is 15.2. The number of carboxylic acid groups (broad SMARTS) is 1. The van der Waals surface area contributed by atoms with Gasteiger partial charge in [-0.3, -0.25) is 4.79 Å². The number of aromatic nitrogens is 2. The molecule has 0 unspecified atom stereocenters. The number of anilines is 1. The number of carbonyl (C=O) groups is 2. The molecule has 0 fully saturated rings. The van der Waals surface area contributed by atoms with Crippen molar-refractivity contribution in [3.05, 3.63) is 82.8 Å². The van der Waals surface area contributed by atoms with Gasteiger partial charge < -0.3 is 15.0 Å². The largest absolute Gasteiger partial charge is 0.478 e. The van der Waals surface area contributed by atoms with E-state index < -0.39 is 11.9 Å². The summed E-state index contributed by atoms with van der Waals surface area (Å²) in [5, 5.41) is 21.1. The van der Waals surface area contributed by atoms with E-state index >= 15 is 0 Å². The van der Waals surface area contributed by atoms with Crippen LogP contribution < -0.4 is 5.32 Å². The Bertz CT molecular complexity index is 1150. The molecule has 2 aromatic heterocycles. The van der Waals surface area contributed by atoms with E-state index in [2.05, 4.69) is 10.3 Å². The fourth-order valence-electron chi connectivity index (χ4n) is 3.00. The predicted molar refractivity (Wildman–Crippen MR) is 109 cm³/mol. The summed E-state index contributed by atoms with van der Waals surface area (Å²) in [6.45, 7) is 3.80. The molecule has 0 aliphatic rings. The van der Waals surface area contributed by atoms with Crippen molar-refractivity contribution < 1.29 is 14.7 Å². The van der Waals surface area contributed by atoms with Crippen LogP contribution in [0.1, 0.15) is 27.3 Å². The standard InChI is InChI=1S/C22H18N4O3/c1-14-10-17(15(2)26(14)20-8-3-4-9-24-20)11-18(13-23)21(27)25-19-7-5-6-16(12-19)22(28)29/h3-12H,1-2H3,(H,25,27)(H,28,29)/b18-11-. The first-order valence-electron chi connectivity index (χ1n) is 8.77. The van der Waals surface area contributed by atoms with E-state index in [1.54, 1.807) is 12.3 Å². The average Bonchev–Trinajstić information content (AvgIpc) is 2.99. The van der Waals surface area contributed by atoms with Crippen molar-refractivity contribution in [2.24, 2.45) is 0 Å². The number of benzene rings is 1. The summed E-state index contributed by atoms with van der Waals surface area (Å²) in [6.07, 6.45) is 3.21. The molecule has 0 saturated heterocycles. The zero-order valence-corrected chi connectivity index (χ0v) is 15.9. The second-order valence-electron chi connectivity index (χ2n) is 6.36. The van der Waals surface area contributed by atoms with E-state index in [1.807, 2.05) is 48.7 Å². The highest BCUT2D eigenvalue weighted by Crippen LogP contribution is 2.22. The summed E-state index contributed by atoms with van der Waals surface area (Å²) < 4.78 is 1.94. The van der Waals surface area contributed by atoms with Crippen LogP contribution in [0.25, 0.3) is 11.9 Å². The normalized spacial score (nSPS) is 11.0. The Morgan fingerprint density at radius 1 is 1.17 bits per heavy atom. The third-order valence-electron chi connectivity index (χ3n) is 4.38. The van der Waals surface area contributed by atoms with Crippen molar-refractivity contribution >= 4 is 23.6 Å². The highest BCUT2D eigenvalue weighted by Gasteiger charge is 2.15. The van der Waals surface area contributed by atoms with Crippen LogP contribution in [0.2, 0.25) is 0 Å². The highest BCUT2D eigenvalue weighted by molar-refractivity contribution is 6.10. The number of carbonyl (C=O) groups excluding carboxylic acids is 1. The quantitative estimate of drug-likeness (QED) is 0.513. The Hall–Kier alpha value is -4.18. The molecule has 2 heterocycles. The number of rotatable bonds is 5. The molecule has 0 atom stereocenters. The average molecular weight is 386 g/mol. The van der Waals surface area contributed by atoms with E-state index in [1.165, 1.54) is 24.3 Å². The number of hydrogen-bond acceptors (Lipinski definition) is 4. The molecular weight excluding hydrogens is 368 g/mol. The van der Waals surface area contributed by atoms with E-state index in [0.29, 0.717) is 5.69 Å². The van der Waals surface area contributed by atoms with Crippen molar-refractivity contribution in [2.45, 2.75) is 13.8 Å². The van der Waals surface area contributed by atoms with Crippen molar-refractivity contribution in [2.75, 3.05) is 5.32 Å². The van der Waals surface area contributed by atoms with Gasteiger partial charge in [-0.15, -0.1) is 0 Å². The molecule has 0 bridgehead atoms. The summed E-state index contributed by atoms with van der Waals surface area (Å²) in [4.78, 5) is 28.0. The van der Waals surface area contributed by atoms with Gasteiger partial charge in [0.05, 0.1) is 5.56 Å². The number of aryl methyl sites for hydroxylation is 1. The molecule has 29 heavy (non-hydrogen) atoms. The molecule has 2 N–H and O–H groups in total. The maximum atomic E-state index is 12.5. The molecule has 0 spiro atoms. The Kier molecular flexibility index (Phi) is 5.56. The van der Waals surface area contributed by atoms with E-state index in [-0.39, 0.29) is 11.1 Å². The lowest BCUT2D eigenvalue weighted by atomic mass is 10.1. The number of nitriles is 1. The minimum absolute atomic E-state index is 0.0455. The Morgan fingerprint density at radius 3 is 2.62 bits per heavy atom. The van der Waals surface area contributed by atoms with Crippen molar-refractivity contribution in [3.63, 3.8) is 0 Å². The molecule has 0 aliphatic heterocycles. The molecule has 7 nitrogen and oxygen atoms in total. The van der Waals surface area contributed by atoms with Gasteiger partial charge in [0.15, 0.2) is 0 Å². The number of aromatic carboxylic acids is 1. The number of hydrogen-bond donors (Lipinski definition) is 2. The Morgan fingerprint density at radius 2 is 1.97 bits per heavy atom. The molecule has 1 aromatic carbocycles. The Balaban J connectivity index is 1.91. The molecule has 3 rings (SSSR count). The van der Waals surface area contributed by atoms with E-state index in [4.69, 9.17) is 5.11 Å². The second kappa shape index (κ2) is 8.23. The fourth-order valence-corrected chi connectivity index (χ4v) is 3.00. The maximum Gasteiger partial charge on any atom is 0.335 e. The number of nitrogens with zero attached hydrogens (tertiary/aromatic N) is 3. The molecule has 1 amide bonds. The van der Waals surface area contributed by atoms with Crippen molar-refractivity contribution in [1.82, 2.24) is 9.55 Å². The number of carboxylic acids is 1. The van der Waals surface area contributed by atoms with Gasteiger partial charge in [-0.2, -0.15) is 5.26 Å². The molecule has 0 aliphatic carbocycles. The van der Waals surface area contributed by atoms with Crippen LogP contribution in [0, 0.1) is 25.2 Å². The number of amides is 1. The smallest absolute Gasteiger partial charge is 0.335 e. The SMILES string of the molecule is Cc1cc(/C=C(/C#N)C(=O)Nc2cccc(C(=O)O)c2)c(C)n1-c1ccccn1. The molecule has 0 saturated carbocycles. The Labute approximate surface area is 167 Å². The van der Waals surface area contributed by atoms with Crippen LogP contribution in [-0.4, -0.2) is 26.5 Å². The molecule has 7 heteroatoms. The van der Waals surface area contributed by atoms with E-state index in [0.717, 1.165) is 22.8 Å². The zero-order valence-electron chi connectivity index (χ0n) is 15.9. The first-order chi connectivity index (χ1) is 13.9. The van der Waals surface area contributed by atoms with Crippen molar-refractivity contribution in [3.8, 4) is 11.9 Å². The van der Waals surface area contributed by atoms with Gasteiger partial charge in [0.1, 0.15) is 17.5 Å². The lowest BCUT2D eigenvalue weighted by Gasteiger charge is -2.08. The van der Waals surface area contributed by atoms with Crippen molar-refractivity contribution in [1.29, 1.82) is 5.26 Å². The first-order valence-corrected chi connectivity index (χ1v) is 8.77. The fraction of sp³-hybridized carbons (Fsp3) is 0.0909. The van der Waals surface area contributed by atoms with Gasteiger partial charge in [0.2, 0.25) is 0 Å². The number of nitrogens with one attached hydrogen (secondary N) is 1. The molecule has 144 valence electrons. The summed E-state index contributed by atoms with van der Waals surface area (Å²) >= 11 is 0. The lowest BCUT2D eigenvalue weighted by Crippen LogP contribution is -2.14. The topological polar surface area (TPSA) is 108 Å². The van der Waals surface area contributed by atoms with Crippen LogP contribution in [0.15, 0.2) is 60.3 Å². The third kappa shape index (κ3) is 4.22. The van der Waals surface area contributed by atoms with Crippen LogP contribution in [0.3, 0.4) is 0 Å². The molecule has 3 aromatic rings. The van der Waals surface area contributed by atoms with Gasteiger partial charge in [-0.05, 0) is 61.9 Å². The van der Waals surface area contributed by atoms with Gasteiger partial charge in [0, 0.05) is 23.3 Å². The van der Waals surface area contributed by atoms with Crippen LogP contribution in [-0.2, 0) is 4.79 Å². The van der Waals surface area contributed by atoms with E-state index in [9.17, 15) is 14.9 Å². The molecule has 0 radical (unpaired) electrons. The maximum absolute atomic E-state index is 12.5. The summed E-state index contributed by atoms with van der Waals surface area (Å²) in [5.41, 5.74) is 2.74. The van der Waals surface area contributed by atoms with Gasteiger partial charge >= 0.3 is 5.97 Å².